The van der Waals surface area contributed by atoms with Crippen molar-refractivity contribution in [3.8, 4) is 5.75 Å². The van der Waals surface area contributed by atoms with E-state index in [1.807, 2.05) is 36.1 Å². The quantitative estimate of drug-likeness (QED) is 0.705. The van der Waals surface area contributed by atoms with Gasteiger partial charge in [-0.05, 0) is 61.9 Å². The van der Waals surface area contributed by atoms with Crippen LogP contribution in [0.1, 0.15) is 29.0 Å². The second-order valence-electron chi connectivity index (χ2n) is 8.43. The lowest BCUT2D eigenvalue weighted by atomic mass is 9.78. The smallest absolute Gasteiger partial charge is 0.289 e. The van der Waals surface area contributed by atoms with Crippen LogP contribution in [0.4, 0.5) is 4.39 Å². The van der Waals surface area contributed by atoms with Crippen LogP contribution in [0.25, 0.3) is 11.0 Å². The molecule has 2 aliphatic rings. The van der Waals surface area contributed by atoms with Crippen molar-refractivity contribution in [1.29, 1.82) is 0 Å². The van der Waals surface area contributed by atoms with Crippen LogP contribution in [-0.4, -0.2) is 41.2 Å². The van der Waals surface area contributed by atoms with E-state index in [2.05, 4.69) is 0 Å². The Labute approximate surface area is 174 Å². The van der Waals surface area contributed by atoms with Crippen molar-refractivity contribution >= 4 is 16.9 Å². The number of furan rings is 1. The third-order valence-corrected chi connectivity index (χ3v) is 6.51. The number of benzene rings is 2. The third-order valence-electron chi connectivity index (χ3n) is 6.51. The summed E-state index contributed by atoms with van der Waals surface area (Å²) in [5.74, 6) is 1.02. The van der Waals surface area contributed by atoms with Gasteiger partial charge in [0.2, 0.25) is 0 Å². The summed E-state index contributed by atoms with van der Waals surface area (Å²) >= 11 is 0. The molecule has 5 nitrogen and oxygen atoms in total. The molecule has 0 spiro atoms. The number of carbonyl (C=O) groups is 1. The molecule has 1 aromatic heterocycles. The van der Waals surface area contributed by atoms with Crippen LogP contribution in [0.3, 0.4) is 0 Å². The number of likely N-dealkylation sites (tertiary alicyclic amines) is 1. The van der Waals surface area contributed by atoms with Crippen LogP contribution in [0.2, 0.25) is 0 Å². The maximum atomic E-state index is 13.2. The summed E-state index contributed by atoms with van der Waals surface area (Å²) < 4.78 is 24.9. The largest absolute Gasteiger partial charge is 0.488 e. The Kier molecular flexibility index (Phi) is 4.74. The summed E-state index contributed by atoms with van der Waals surface area (Å²) in [6.45, 7) is 3.15. The first-order valence-electron chi connectivity index (χ1n) is 10.4. The second-order valence-corrected chi connectivity index (χ2v) is 8.43. The molecule has 5 rings (SSSR count). The first kappa shape index (κ1) is 19.1. The van der Waals surface area contributed by atoms with E-state index in [9.17, 15) is 14.3 Å². The maximum Gasteiger partial charge on any atom is 0.289 e. The zero-order valence-electron chi connectivity index (χ0n) is 16.8. The molecular formula is C24H24FNO4. The van der Waals surface area contributed by atoms with Crippen molar-refractivity contribution in [3.05, 3.63) is 65.7 Å². The van der Waals surface area contributed by atoms with E-state index in [-0.39, 0.29) is 29.7 Å². The lowest BCUT2D eigenvalue weighted by Crippen LogP contribution is -2.42. The van der Waals surface area contributed by atoms with Gasteiger partial charge in [-0.2, -0.15) is 0 Å². The highest BCUT2D eigenvalue weighted by molar-refractivity contribution is 5.99. The van der Waals surface area contributed by atoms with Crippen LogP contribution in [0.5, 0.6) is 5.75 Å². The van der Waals surface area contributed by atoms with Gasteiger partial charge >= 0.3 is 0 Å². The van der Waals surface area contributed by atoms with Gasteiger partial charge in [-0.15, -0.1) is 0 Å². The first-order chi connectivity index (χ1) is 14.5. The molecule has 1 N–H and O–H groups in total. The van der Waals surface area contributed by atoms with E-state index in [1.54, 1.807) is 12.1 Å². The number of hydrogen-bond acceptors (Lipinski definition) is 4. The van der Waals surface area contributed by atoms with Gasteiger partial charge < -0.3 is 19.2 Å². The molecular weight excluding hydrogens is 385 g/mol. The minimum Gasteiger partial charge on any atom is -0.488 e. The molecule has 0 bridgehead atoms. The van der Waals surface area contributed by atoms with Crippen LogP contribution in [0, 0.1) is 24.6 Å². The van der Waals surface area contributed by atoms with Gasteiger partial charge in [0.1, 0.15) is 23.3 Å². The van der Waals surface area contributed by atoms with E-state index in [0.29, 0.717) is 37.4 Å². The van der Waals surface area contributed by atoms with Crippen LogP contribution < -0.4 is 4.74 Å². The molecule has 0 radical (unpaired) electrons. The standard InChI is InChI=1S/C24H24FNO4/c1-14-19-4-2-3-5-21(19)30-23(14)24(28)26-12-15-10-20(27)22(11-16(15)13-26)29-18-8-6-17(25)7-9-18/h2-9,15-16,20,22,27H,10-13H2,1H3/t15-,16+,20+,22+/m0/s1. The molecule has 1 saturated heterocycles. The van der Waals surface area contributed by atoms with E-state index < -0.39 is 6.10 Å². The van der Waals surface area contributed by atoms with E-state index >= 15 is 0 Å². The number of aryl methyl sites for hydroxylation is 1. The van der Waals surface area contributed by atoms with Gasteiger partial charge in [0.15, 0.2) is 5.76 Å². The molecule has 2 heterocycles. The first-order valence-corrected chi connectivity index (χ1v) is 10.4. The zero-order valence-corrected chi connectivity index (χ0v) is 16.8. The molecule has 1 saturated carbocycles. The summed E-state index contributed by atoms with van der Waals surface area (Å²) in [5, 5.41) is 11.6. The van der Waals surface area contributed by atoms with Crippen LogP contribution in [-0.2, 0) is 0 Å². The Morgan fingerprint density at radius 2 is 1.80 bits per heavy atom. The minimum absolute atomic E-state index is 0.0939. The number of aliphatic hydroxyl groups excluding tert-OH is 1. The van der Waals surface area contributed by atoms with Crippen molar-refractivity contribution in [2.45, 2.75) is 32.0 Å². The van der Waals surface area contributed by atoms with Crippen molar-refractivity contribution in [1.82, 2.24) is 4.90 Å². The number of fused-ring (bicyclic) bond motifs is 2. The molecule has 30 heavy (non-hydrogen) atoms. The molecule has 1 amide bonds. The Morgan fingerprint density at radius 3 is 2.53 bits per heavy atom. The van der Waals surface area contributed by atoms with Gasteiger partial charge in [-0.3, -0.25) is 4.79 Å². The number of amides is 1. The normalized spacial score (nSPS) is 26.0. The van der Waals surface area contributed by atoms with Gasteiger partial charge in [-0.1, -0.05) is 18.2 Å². The van der Waals surface area contributed by atoms with E-state index in [0.717, 1.165) is 16.5 Å². The number of carbonyl (C=O) groups excluding carboxylic acids is 1. The highest BCUT2D eigenvalue weighted by Crippen LogP contribution is 2.39. The van der Waals surface area contributed by atoms with E-state index in [1.165, 1.54) is 12.1 Å². The number of nitrogens with zero attached hydrogens (tertiary/aromatic N) is 1. The Bertz CT molecular complexity index is 1080. The topological polar surface area (TPSA) is 62.9 Å². The maximum absolute atomic E-state index is 13.2. The predicted molar refractivity (Wildman–Crippen MR) is 110 cm³/mol. The molecule has 2 fully saturated rings. The molecule has 6 heteroatoms. The van der Waals surface area contributed by atoms with Gasteiger partial charge in [-0.25, -0.2) is 4.39 Å². The number of aliphatic hydroxyl groups is 1. The average molecular weight is 409 g/mol. The number of halogens is 1. The molecule has 4 atom stereocenters. The van der Waals surface area contributed by atoms with Crippen LogP contribution >= 0.6 is 0 Å². The minimum atomic E-state index is -0.612. The average Bonchev–Trinajstić information content (AvgIpc) is 3.30. The summed E-state index contributed by atoms with van der Waals surface area (Å²) in [5.41, 5.74) is 1.58. The Balaban J connectivity index is 1.30. The fraction of sp³-hybridized carbons (Fsp3) is 0.375. The van der Waals surface area contributed by atoms with Crippen molar-refractivity contribution < 1.29 is 23.4 Å². The third kappa shape index (κ3) is 3.35. The van der Waals surface area contributed by atoms with Gasteiger partial charge in [0, 0.05) is 24.0 Å². The monoisotopic (exact) mass is 409 g/mol. The number of hydrogen-bond donors (Lipinski definition) is 1. The fourth-order valence-corrected chi connectivity index (χ4v) is 4.89. The van der Waals surface area contributed by atoms with E-state index in [4.69, 9.17) is 9.15 Å². The highest BCUT2D eigenvalue weighted by Gasteiger charge is 2.44. The summed E-state index contributed by atoms with van der Waals surface area (Å²) in [7, 11) is 0. The molecule has 156 valence electrons. The van der Waals surface area contributed by atoms with Gasteiger partial charge in [0.25, 0.3) is 5.91 Å². The fourth-order valence-electron chi connectivity index (χ4n) is 4.89. The second kappa shape index (κ2) is 7.43. The van der Waals surface area contributed by atoms with Crippen molar-refractivity contribution in [2.24, 2.45) is 11.8 Å². The number of para-hydroxylation sites is 1. The lowest BCUT2D eigenvalue weighted by molar-refractivity contribution is -0.0231. The Hall–Kier alpha value is -2.86. The number of rotatable bonds is 3. The summed E-state index contributed by atoms with van der Waals surface area (Å²) in [6, 6.07) is 13.5. The highest BCUT2D eigenvalue weighted by atomic mass is 19.1. The van der Waals surface area contributed by atoms with Crippen LogP contribution in [0.15, 0.2) is 52.9 Å². The molecule has 0 unspecified atom stereocenters. The SMILES string of the molecule is Cc1c(C(=O)N2C[C@H]3C[C@@H](Oc4ccc(F)cc4)[C@H](O)C[C@H]3C2)oc2ccccc12. The molecule has 1 aliphatic heterocycles. The number of ether oxygens (including phenoxy) is 1. The lowest BCUT2D eigenvalue weighted by Gasteiger charge is -2.35. The molecule has 3 aromatic rings. The molecule has 1 aliphatic carbocycles. The van der Waals surface area contributed by atoms with Gasteiger partial charge in [0.05, 0.1) is 6.10 Å². The summed E-state index contributed by atoms with van der Waals surface area (Å²) in [4.78, 5) is 15.0. The Morgan fingerprint density at radius 1 is 1.10 bits per heavy atom. The van der Waals surface area contributed by atoms with Crippen molar-refractivity contribution in [3.63, 3.8) is 0 Å². The zero-order chi connectivity index (χ0) is 20.8. The predicted octanol–water partition coefficient (Wildman–Crippen LogP) is 4.17. The molecule has 2 aromatic carbocycles. The van der Waals surface area contributed by atoms with Crippen molar-refractivity contribution in [2.75, 3.05) is 13.1 Å². The summed E-state index contributed by atoms with van der Waals surface area (Å²) in [6.07, 6.45) is 0.268.